The van der Waals surface area contributed by atoms with E-state index in [0.29, 0.717) is 28.0 Å². The first-order valence-electron chi connectivity index (χ1n) is 13.3. The van der Waals surface area contributed by atoms with Gasteiger partial charge in [0.15, 0.2) is 11.0 Å². The third kappa shape index (κ3) is 5.63. The minimum Gasteiger partial charge on any atom is -0.334 e. The number of thiazole rings is 1. The number of halogens is 3. The monoisotopic (exact) mass is 598 g/mol. The summed E-state index contributed by atoms with van der Waals surface area (Å²) < 4.78 is 42.2. The fraction of sp³-hybridized carbons (Fsp3) is 0.414. The van der Waals surface area contributed by atoms with E-state index in [1.54, 1.807) is 40.5 Å². The highest BCUT2D eigenvalue weighted by Gasteiger charge is 2.51. The fourth-order valence-corrected chi connectivity index (χ4v) is 8.28. The lowest BCUT2D eigenvalue weighted by Gasteiger charge is -2.39. The Morgan fingerprint density at radius 2 is 1.98 bits per heavy atom. The summed E-state index contributed by atoms with van der Waals surface area (Å²) in [4.78, 5) is 24.3. The van der Waals surface area contributed by atoms with Crippen molar-refractivity contribution >= 4 is 29.0 Å². The van der Waals surface area contributed by atoms with E-state index in [4.69, 9.17) is 0 Å². The summed E-state index contributed by atoms with van der Waals surface area (Å²) in [5.41, 5.74) is 0.937. The summed E-state index contributed by atoms with van der Waals surface area (Å²) in [6.07, 6.45) is 1.84. The first-order chi connectivity index (χ1) is 19.4. The Morgan fingerprint density at radius 3 is 2.73 bits per heavy atom. The fourth-order valence-electron chi connectivity index (χ4n) is 6.55. The molecular weight excluding hydrogens is 569 g/mol. The van der Waals surface area contributed by atoms with Crippen LogP contribution in [-0.4, -0.2) is 48.1 Å². The summed E-state index contributed by atoms with van der Waals surface area (Å²) in [5.74, 6) is 0.734. The van der Waals surface area contributed by atoms with Gasteiger partial charge in [-0.15, -0.1) is 21.5 Å². The van der Waals surface area contributed by atoms with E-state index in [0.717, 1.165) is 42.9 Å². The van der Waals surface area contributed by atoms with Crippen molar-refractivity contribution in [2.45, 2.75) is 63.2 Å². The van der Waals surface area contributed by atoms with Crippen LogP contribution in [0, 0.1) is 10.8 Å². The number of amides is 1. The molecule has 2 bridgehead atoms. The van der Waals surface area contributed by atoms with E-state index in [2.05, 4.69) is 40.9 Å². The number of hydrogen-bond donors (Lipinski definition) is 0. The van der Waals surface area contributed by atoms with Gasteiger partial charge in [-0.25, -0.2) is 4.98 Å². The van der Waals surface area contributed by atoms with E-state index in [1.165, 1.54) is 29.2 Å². The van der Waals surface area contributed by atoms with Crippen LogP contribution in [0.2, 0.25) is 0 Å². The molecule has 7 nitrogen and oxygen atoms in total. The molecule has 4 aromatic rings. The van der Waals surface area contributed by atoms with Gasteiger partial charge in [0.2, 0.25) is 0 Å². The number of carbonyl (C=O) groups is 1. The summed E-state index contributed by atoms with van der Waals surface area (Å²) in [6.45, 7) is 7.58. The second-order valence-electron chi connectivity index (χ2n) is 12.0. The number of hydrogen-bond acceptors (Lipinski definition) is 7. The third-order valence-electron chi connectivity index (χ3n) is 7.76. The lowest BCUT2D eigenvalue weighted by molar-refractivity contribution is -0.137. The van der Waals surface area contributed by atoms with Crippen molar-refractivity contribution in [1.82, 2.24) is 29.6 Å². The first-order valence-corrected chi connectivity index (χ1v) is 15.2. The molecule has 1 aliphatic carbocycles. The maximum absolute atomic E-state index is 13.5. The second kappa shape index (κ2) is 10.2. The first kappa shape index (κ1) is 27.9. The third-order valence-corrected chi connectivity index (χ3v) is 9.73. The lowest BCUT2D eigenvalue weighted by Crippen LogP contribution is -2.37. The molecule has 0 radical (unpaired) electrons. The maximum atomic E-state index is 13.5. The smallest absolute Gasteiger partial charge is 0.334 e. The Balaban J connectivity index is 1.24. The average molecular weight is 599 g/mol. The molecule has 2 aliphatic rings. The molecule has 1 amide bonds. The number of likely N-dealkylation sites (tertiary alicyclic amines) is 1. The zero-order valence-electron chi connectivity index (χ0n) is 22.9. The van der Waals surface area contributed by atoms with Gasteiger partial charge in [0.25, 0.3) is 5.91 Å². The van der Waals surface area contributed by atoms with Gasteiger partial charge in [0.05, 0.1) is 17.0 Å². The molecule has 2 unspecified atom stereocenters. The number of carbonyl (C=O) groups excluding carboxylic acids is 1. The summed E-state index contributed by atoms with van der Waals surface area (Å²) in [7, 11) is 0. The van der Waals surface area contributed by atoms with Crippen molar-refractivity contribution in [3.8, 4) is 17.1 Å². The molecule has 2 atom stereocenters. The minimum absolute atomic E-state index is 0.0325. The predicted octanol–water partition coefficient (Wildman–Crippen LogP) is 7.14. The number of alkyl halides is 3. The Bertz CT molecular complexity index is 1580. The van der Waals surface area contributed by atoms with Gasteiger partial charge in [-0.2, -0.15) is 13.2 Å². The molecule has 0 spiro atoms. The van der Waals surface area contributed by atoms with Gasteiger partial charge in [0, 0.05) is 35.9 Å². The topological polar surface area (TPSA) is 76.8 Å². The number of fused-ring (bicyclic) bond motifs is 2. The van der Waals surface area contributed by atoms with Gasteiger partial charge in [-0.3, -0.25) is 14.3 Å². The van der Waals surface area contributed by atoms with Gasteiger partial charge in [-0.05, 0) is 60.4 Å². The lowest BCUT2D eigenvalue weighted by atomic mass is 9.65. The molecule has 4 heterocycles. The zero-order chi connectivity index (χ0) is 29.0. The number of pyridine rings is 1. The normalized spacial score (nSPS) is 21.8. The minimum atomic E-state index is -4.49. The van der Waals surface area contributed by atoms with E-state index < -0.39 is 11.7 Å². The molecule has 1 saturated carbocycles. The van der Waals surface area contributed by atoms with Crippen molar-refractivity contribution in [3.05, 3.63) is 70.4 Å². The summed E-state index contributed by atoms with van der Waals surface area (Å²) in [5, 5.41) is 11.5. The SMILES string of the molecule is CC1(C)CC2CC(C)(CN2C(=O)c2csc(CSc3nnc(-c4cccnc4)n3-c3cccc(C(F)(F)F)c3)n2)C1. The van der Waals surface area contributed by atoms with Crippen molar-refractivity contribution < 1.29 is 18.0 Å². The van der Waals surface area contributed by atoms with Crippen molar-refractivity contribution in [1.29, 1.82) is 0 Å². The standard InChI is InChI=1S/C29H29F3N6OS2/c1-27(2)11-21-12-28(3,16-27)17-37(21)25(39)22-14-40-23(34-22)15-41-26-36-35-24(18-6-5-9-33-13-18)38(26)20-8-4-7-19(10-20)29(30,31)32/h4-10,13-14,21H,11-12,15-17H2,1-3H3. The molecule has 6 rings (SSSR count). The van der Waals surface area contributed by atoms with Gasteiger partial charge in [-0.1, -0.05) is 38.6 Å². The van der Waals surface area contributed by atoms with Crippen LogP contribution in [0.4, 0.5) is 13.2 Å². The van der Waals surface area contributed by atoms with Crippen LogP contribution in [0.15, 0.2) is 59.3 Å². The van der Waals surface area contributed by atoms with Crippen LogP contribution >= 0.6 is 23.1 Å². The predicted molar refractivity (Wildman–Crippen MR) is 152 cm³/mol. The van der Waals surface area contributed by atoms with E-state index in [1.807, 2.05) is 4.90 Å². The highest BCUT2D eigenvalue weighted by Crippen LogP contribution is 2.52. The largest absolute Gasteiger partial charge is 0.416 e. The molecule has 3 aromatic heterocycles. The second-order valence-corrected chi connectivity index (χ2v) is 13.9. The van der Waals surface area contributed by atoms with Crippen LogP contribution in [0.5, 0.6) is 0 Å². The van der Waals surface area contributed by atoms with Crippen LogP contribution in [-0.2, 0) is 11.9 Å². The summed E-state index contributed by atoms with van der Waals surface area (Å²) >= 11 is 2.70. The quantitative estimate of drug-likeness (QED) is 0.220. The average Bonchev–Trinajstić information content (AvgIpc) is 3.62. The van der Waals surface area contributed by atoms with Crippen molar-refractivity contribution in [2.75, 3.05) is 6.54 Å². The van der Waals surface area contributed by atoms with Gasteiger partial charge < -0.3 is 4.90 Å². The summed E-state index contributed by atoms with van der Waals surface area (Å²) in [6, 6.07) is 8.83. The zero-order valence-corrected chi connectivity index (χ0v) is 24.5. The van der Waals surface area contributed by atoms with Crippen LogP contribution in [0.25, 0.3) is 17.1 Å². The molecule has 1 saturated heterocycles. The molecule has 41 heavy (non-hydrogen) atoms. The molecular formula is C29H29F3N6OS2. The van der Waals surface area contributed by atoms with Gasteiger partial charge >= 0.3 is 6.18 Å². The molecule has 0 N–H and O–H groups in total. The Hall–Kier alpha value is -3.25. The molecule has 12 heteroatoms. The molecule has 1 aliphatic heterocycles. The molecule has 214 valence electrons. The van der Waals surface area contributed by atoms with Crippen molar-refractivity contribution in [3.63, 3.8) is 0 Å². The molecule has 1 aromatic carbocycles. The number of aromatic nitrogens is 5. The number of benzene rings is 1. The number of nitrogens with zero attached hydrogens (tertiary/aromatic N) is 6. The Labute approximate surface area is 244 Å². The highest BCUT2D eigenvalue weighted by atomic mass is 32.2. The van der Waals surface area contributed by atoms with E-state index in [-0.39, 0.29) is 28.5 Å². The maximum Gasteiger partial charge on any atom is 0.416 e. The van der Waals surface area contributed by atoms with Gasteiger partial charge in [0.1, 0.15) is 10.7 Å². The van der Waals surface area contributed by atoms with Crippen LogP contribution in [0.3, 0.4) is 0 Å². The molecule has 2 fully saturated rings. The van der Waals surface area contributed by atoms with Crippen molar-refractivity contribution in [2.24, 2.45) is 10.8 Å². The Morgan fingerprint density at radius 1 is 1.15 bits per heavy atom. The Kier molecular flexibility index (Phi) is 6.96. The van der Waals surface area contributed by atoms with Crippen LogP contribution in [0.1, 0.15) is 61.1 Å². The van der Waals surface area contributed by atoms with E-state index >= 15 is 0 Å². The number of thioether (sulfide) groups is 1. The van der Waals surface area contributed by atoms with Crippen LogP contribution < -0.4 is 0 Å². The number of rotatable bonds is 6. The highest BCUT2D eigenvalue weighted by molar-refractivity contribution is 7.98. The van der Waals surface area contributed by atoms with E-state index in [9.17, 15) is 18.0 Å².